The number of benzene rings is 1. The number of carboxylic acids is 2. The van der Waals surface area contributed by atoms with E-state index in [1.807, 2.05) is 30.9 Å². The van der Waals surface area contributed by atoms with E-state index in [1.54, 1.807) is 13.0 Å². The van der Waals surface area contributed by atoms with Gasteiger partial charge in [0.2, 0.25) is 0 Å². The zero-order chi connectivity index (χ0) is 32.0. The quantitative estimate of drug-likeness (QED) is 0.258. The molecule has 1 saturated heterocycles. The van der Waals surface area contributed by atoms with E-state index in [1.165, 1.54) is 18.7 Å². The summed E-state index contributed by atoms with van der Waals surface area (Å²) in [5.74, 6) is -3.32. The number of anilines is 1. The molecule has 1 aromatic heterocycles. The fourth-order valence-electron chi connectivity index (χ4n) is 4.31. The molecule has 2 aliphatic heterocycles. The molecule has 2 aromatic rings. The third-order valence-corrected chi connectivity index (χ3v) is 12.1. The number of amides is 1. The number of allylic oxidation sites excluding steroid dienone is 1. The third-order valence-electron chi connectivity index (χ3n) is 6.83. The summed E-state index contributed by atoms with van der Waals surface area (Å²) in [6.45, 7) is 5.87. The van der Waals surface area contributed by atoms with Gasteiger partial charge in [0.1, 0.15) is 27.0 Å². The van der Waals surface area contributed by atoms with E-state index in [0.29, 0.717) is 10.6 Å². The molecule has 4 rings (SSSR count). The zero-order valence-electron chi connectivity index (χ0n) is 23.3. The molecule has 0 saturated carbocycles. The van der Waals surface area contributed by atoms with E-state index >= 15 is 0 Å². The fourth-order valence-corrected chi connectivity index (χ4v) is 8.50. The Morgan fingerprint density at radius 2 is 1.67 bits per heavy atom. The highest BCUT2D eigenvalue weighted by Gasteiger charge is 2.35. The van der Waals surface area contributed by atoms with Crippen molar-refractivity contribution in [2.75, 3.05) is 18.0 Å². The molecule has 43 heavy (non-hydrogen) atoms. The van der Waals surface area contributed by atoms with Gasteiger partial charge in [0, 0.05) is 11.4 Å². The van der Waals surface area contributed by atoms with Crippen molar-refractivity contribution >= 4 is 95.5 Å². The van der Waals surface area contributed by atoms with Crippen molar-refractivity contribution in [3.8, 4) is 0 Å². The maximum Gasteiger partial charge on any atom is 0.323 e. The van der Waals surface area contributed by atoms with Crippen LogP contribution in [0.5, 0.6) is 0 Å². The van der Waals surface area contributed by atoms with Gasteiger partial charge in [-0.2, -0.15) is 8.42 Å². The zero-order valence-corrected chi connectivity index (χ0v) is 27.4. The smallest absolute Gasteiger partial charge is 0.323 e. The molecule has 3 heterocycles. The number of rotatable bonds is 9. The summed E-state index contributed by atoms with van der Waals surface area (Å²) in [5, 5.41) is 18.3. The van der Waals surface area contributed by atoms with Gasteiger partial charge in [0.25, 0.3) is 21.6 Å². The van der Waals surface area contributed by atoms with Crippen LogP contribution in [-0.4, -0.2) is 73.2 Å². The number of thiocarbonyl (C=S) groups is 1. The van der Waals surface area contributed by atoms with Crippen LogP contribution in [0, 0.1) is 13.8 Å². The number of aromatic nitrogens is 1. The first kappa shape index (κ1) is 32.9. The van der Waals surface area contributed by atoms with E-state index in [2.05, 4.69) is 0 Å². The summed E-state index contributed by atoms with van der Waals surface area (Å²) < 4.78 is 34.0. The number of aryl methyl sites for hydroxylation is 2. The number of aliphatic carboxylic acids is 2. The van der Waals surface area contributed by atoms with Gasteiger partial charge in [0.15, 0.2) is 0 Å². The Morgan fingerprint density at radius 3 is 2.28 bits per heavy atom. The number of thiazole rings is 1. The minimum atomic E-state index is -4.24. The molecule has 1 aromatic carbocycles. The van der Waals surface area contributed by atoms with Crippen molar-refractivity contribution in [1.29, 1.82) is 0 Å². The van der Waals surface area contributed by atoms with Crippen molar-refractivity contribution in [1.82, 2.24) is 9.47 Å². The highest BCUT2D eigenvalue weighted by atomic mass is 32.2. The number of carbonyl (C=O) groups is 3. The summed E-state index contributed by atoms with van der Waals surface area (Å²) in [4.78, 5) is 53.2. The van der Waals surface area contributed by atoms with E-state index in [0.717, 1.165) is 54.3 Å². The average molecular weight is 686 g/mol. The van der Waals surface area contributed by atoms with Gasteiger partial charge in [-0.05, 0) is 69.0 Å². The summed E-state index contributed by atoms with van der Waals surface area (Å²) in [6, 6.07) is 4.00. The maximum absolute atomic E-state index is 13.5. The van der Waals surface area contributed by atoms with Gasteiger partial charge in [-0.15, -0.1) is 11.3 Å². The topological polar surface area (TPSA) is 175 Å². The molecule has 3 N–H and O–H groups in total. The molecule has 2 aliphatic rings. The van der Waals surface area contributed by atoms with Crippen molar-refractivity contribution in [2.45, 2.75) is 50.8 Å². The lowest BCUT2D eigenvalue weighted by atomic mass is 10.1. The Bertz CT molecular complexity index is 1890. The Labute approximate surface area is 264 Å². The number of hydrogen-bond donors (Lipinski definition) is 3. The lowest BCUT2D eigenvalue weighted by molar-refractivity contribution is -0.140. The number of thioether (sulfide) groups is 2. The normalized spacial score (nSPS) is 18.9. The molecular weight excluding hydrogens is 659 g/mol. The van der Waals surface area contributed by atoms with Crippen molar-refractivity contribution < 1.29 is 37.6 Å². The number of hydrogen-bond acceptors (Lipinski definition) is 11. The number of carboxylic acid groups (broad SMARTS) is 2. The van der Waals surface area contributed by atoms with E-state index < -0.39 is 51.9 Å². The van der Waals surface area contributed by atoms with E-state index in [9.17, 15) is 37.3 Å². The Kier molecular flexibility index (Phi) is 9.63. The van der Waals surface area contributed by atoms with Gasteiger partial charge >= 0.3 is 11.9 Å². The van der Waals surface area contributed by atoms with Crippen LogP contribution in [0.4, 0.5) is 5.69 Å². The minimum absolute atomic E-state index is 0.0186. The van der Waals surface area contributed by atoms with Crippen LogP contribution >= 0.6 is 47.1 Å². The van der Waals surface area contributed by atoms with Crippen molar-refractivity contribution in [3.63, 3.8) is 0 Å². The van der Waals surface area contributed by atoms with E-state index in [4.69, 9.17) is 17.3 Å². The second-order valence-electron chi connectivity index (χ2n) is 9.94. The molecule has 0 spiro atoms. The predicted octanol–water partition coefficient (Wildman–Crippen LogP) is 1.96. The highest BCUT2D eigenvalue weighted by Crippen LogP contribution is 2.47. The average Bonchev–Trinajstić information content (AvgIpc) is 3.48. The van der Waals surface area contributed by atoms with Crippen molar-refractivity contribution in [3.05, 3.63) is 53.9 Å². The van der Waals surface area contributed by atoms with Gasteiger partial charge in [0.05, 0.1) is 20.5 Å². The molecule has 1 unspecified atom stereocenters. The van der Waals surface area contributed by atoms with Gasteiger partial charge in [-0.3, -0.25) is 33.2 Å². The molecule has 1 fully saturated rings. The van der Waals surface area contributed by atoms with Crippen LogP contribution in [0.3, 0.4) is 0 Å². The summed E-state index contributed by atoms with van der Waals surface area (Å²) in [7, 11) is -4.24. The second-order valence-corrected chi connectivity index (χ2v) is 15.5. The SMILES string of the molecule is C/C(C=C1Sc2cc(C)c(C)cc2N1CCC(C)S(=O)(=O)O)=c1\s/c(=C2/SC(=S)N(CC(=O)O)C2=O)n(CC(=O)O)c1=O. The maximum atomic E-state index is 13.5. The molecular formula is C26H27N3O9S5. The summed E-state index contributed by atoms with van der Waals surface area (Å²) >= 11 is 8.30. The third kappa shape index (κ3) is 6.91. The lowest BCUT2D eigenvalue weighted by Gasteiger charge is -2.22. The predicted molar refractivity (Wildman–Crippen MR) is 170 cm³/mol. The molecule has 17 heteroatoms. The minimum Gasteiger partial charge on any atom is -0.480 e. The standard InChI is InChI=1S/C26H27N3O9S5/c1-12-7-16-17(8-13(12)2)40-18(27(16)6-5-15(4)43(36,37)38)9-14(3)21-23(34)28(10-19(30)31)25(41-21)22-24(35)29(11-20(32)33)26(39)42-22/h7-9,15H,5-6,10-11H2,1-4H3,(H,30,31)(H,32,33)(H,36,37,38)/b18-9?,21-14+,25-22+. The molecule has 0 radical (unpaired) electrons. The number of fused-ring (bicyclic) bond motifs is 1. The lowest BCUT2D eigenvalue weighted by Crippen LogP contribution is -2.37. The molecule has 0 aliphatic carbocycles. The second kappa shape index (κ2) is 12.6. The number of nitrogens with zero attached hydrogens (tertiary/aromatic N) is 3. The van der Waals surface area contributed by atoms with Crippen LogP contribution in [-0.2, 0) is 31.0 Å². The number of carbonyl (C=O) groups excluding carboxylic acids is 1. The largest absolute Gasteiger partial charge is 0.480 e. The first-order valence-electron chi connectivity index (χ1n) is 12.7. The van der Waals surface area contributed by atoms with Crippen LogP contribution < -0.4 is 19.7 Å². The van der Waals surface area contributed by atoms with Gasteiger partial charge in [-0.25, -0.2) is 0 Å². The molecule has 0 bridgehead atoms. The summed E-state index contributed by atoms with van der Waals surface area (Å²) in [6.07, 6.45) is 1.87. The van der Waals surface area contributed by atoms with Crippen LogP contribution in [0.1, 0.15) is 31.4 Å². The first-order chi connectivity index (χ1) is 20.0. The Balaban J connectivity index is 1.87. The fraction of sp³-hybridized carbons (Fsp3) is 0.346. The van der Waals surface area contributed by atoms with Crippen LogP contribution in [0.15, 0.2) is 32.9 Å². The van der Waals surface area contributed by atoms with Gasteiger partial charge < -0.3 is 15.1 Å². The Morgan fingerprint density at radius 1 is 1.05 bits per heavy atom. The highest BCUT2D eigenvalue weighted by molar-refractivity contribution is 8.30. The molecule has 1 amide bonds. The van der Waals surface area contributed by atoms with E-state index in [-0.39, 0.29) is 31.4 Å². The first-order valence-corrected chi connectivity index (χ1v) is 17.0. The molecule has 1 atom stereocenters. The van der Waals surface area contributed by atoms with Crippen molar-refractivity contribution in [2.24, 2.45) is 0 Å². The van der Waals surface area contributed by atoms with Crippen LogP contribution in [0.25, 0.3) is 10.5 Å². The molecule has 12 nitrogen and oxygen atoms in total. The van der Waals surface area contributed by atoms with Crippen LogP contribution in [0.2, 0.25) is 0 Å². The van der Waals surface area contributed by atoms with Gasteiger partial charge in [-0.1, -0.05) is 35.7 Å². The molecule has 230 valence electrons. The monoisotopic (exact) mass is 685 g/mol. The summed E-state index contributed by atoms with van der Waals surface area (Å²) in [5.41, 5.74) is 2.76. The Hall–Kier alpha value is -2.96.